The van der Waals surface area contributed by atoms with E-state index in [2.05, 4.69) is 15.3 Å². The second-order valence-electron chi connectivity index (χ2n) is 5.61. The quantitative estimate of drug-likeness (QED) is 0.903. The average Bonchev–Trinajstić information content (AvgIpc) is 2.53. The van der Waals surface area contributed by atoms with Crippen LogP contribution in [0.15, 0.2) is 30.6 Å². The van der Waals surface area contributed by atoms with Gasteiger partial charge in [0.05, 0.1) is 11.4 Å². The van der Waals surface area contributed by atoms with E-state index >= 15 is 0 Å². The maximum Gasteiger partial charge on any atom is 0.306 e. The fourth-order valence-corrected chi connectivity index (χ4v) is 3.15. The molecular formula is C16H19N3O2. The number of benzene rings is 1. The predicted octanol–water partition coefficient (Wildman–Crippen LogP) is 2.93. The normalized spacial score (nSPS) is 22.1. The van der Waals surface area contributed by atoms with Crippen molar-refractivity contribution in [2.45, 2.75) is 25.7 Å². The minimum Gasteiger partial charge on any atom is -0.481 e. The number of anilines is 1. The van der Waals surface area contributed by atoms with Crippen LogP contribution in [0, 0.1) is 11.8 Å². The van der Waals surface area contributed by atoms with Gasteiger partial charge in [-0.3, -0.25) is 4.79 Å². The number of hydrogen-bond donors (Lipinski definition) is 2. The van der Waals surface area contributed by atoms with Crippen LogP contribution in [0.4, 0.5) is 5.82 Å². The monoisotopic (exact) mass is 285 g/mol. The van der Waals surface area contributed by atoms with Gasteiger partial charge in [0.2, 0.25) is 0 Å². The summed E-state index contributed by atoms with van der Waals surface area (Å²) in [6, 6.07) is 7.83. The van der Waals surface area contributed by atoms with Crippen molar-refractivity contribution in [3.8, 4) is 0 Å². The summed E-state index contributed by atoms with van der Waals surface area (Å²) in [5, 5.41) is 13.6. The molecule has 2 N–H and O–H groups in total. The molecule has 1 aliphatic rings. The Hall–Kier alpha value is -2.17. The molecule has 2 unspecified atom stereocenters. The first-order chi connectivity index (χ1) is 10.3. The van der Waals surface area contributed by atoms with Crippen LogP contribution < -0.4 is 5.32 Å². The molecule has 1 aliphatic carbocycles. The first kappa shape index (κ1) is 13.8. The number of nitrogens with one attached hydrogen (secondary N) is 1. The largest absolute Gasteiger partial charge is 0.481 e. The molecule has 1 aromatic heterocycles. The van der Waals surface area contributed by atoms with Crippen LogP contribution in [0.2, 0.25) is 0 Å². The molecule has 5 heteroatoms. The minimum absolute atomic E-state index is 0.171. The van der Waals surface area contributed by atoms with Crippen molar-refractivity contribution in [2.75, 3.05) is 11.9 Å². The van der Waals surface area contributed by atoms with Gasteiger partial charge in [-0.1, -0.05) is 25.0 Å². The van der Waals surface area contributed by atoms with E-state index in [1.54, 1.807) is 6.33 Å². The van der Waals surface area contributed by atoms with Crippen LogP contribution in [0.1, 0.15) is 25.7 Å². The SMILES string of the molecule is O=C(O)C1CCCCC1CNc1ncnc2ccccc12. The number of carboxylic acid groups (broad SMARTS) is 1. The van der Waals surface area contributed by atoms with Crippen LogP contribution >= 0.6 is 0 Å². The first-order valence-corrected chi connectivity index (χ1v) is 7.42. The van der Waals surface area contributed by atoms with Gasteiger partial charge in [-0.15, -0.1) is 0 Å². The molecule has 5 nitrogen and oxygen atoms in total. The van der Waals surface area contributed by atoms with Crippen LogP contribution in [0.5, 0.6) is 0 Å². The lowest BCUT2D eigenvalue weighted by molar-refractivity contribution is -0.144. The molecule has 1 heterocycles. The van der Waals surface area contributed by atoms with Crippen molar-refractivity contribution < 1.29 is 9.90 Å². The van der Waals surface area contributed by atoms with E-state index in [0.29, 0.717) is 6.54 Å². The molecule has 2 atom stereocenters. The van der Waals surface area contributed by atoms with Gasteiger partial charge >= 0.3 is 5.97 Å². The van der Waals surface area contributed by atoms with Crippen molar-refractivity contribution in [1.29, 1.82) is 0 Å². The summed E-state index contributed by atoms with van der Waals surface area (Å²) in [4.78, 5) is 19.9. The summed E-state index contributed by atoms with van der Waals surface area (Å²) in [7, 11) is 0. The zero-order chi connectivity index (χ0) is 14.7. The number of para-hydroxylation sites is 1. The zero-order valence-corrected chi connectivity index (χ0v) is 11.8. The van der Waals surface area contributed by atoms with Crippen molar-refractivity contribution in [2.24, 2.45) is 11.8 Å². The second kappa shape index (κ2) is 6.08. The Bertz CT molecular complexity index is 639. The Balaban J connectivity index is 1.75. The van der Waals surface area contributed by atoms with Crippen molar-refractivity contribution in [1.82, 2.24) is 9.97 Å². The van der Waals surface area contributed by atoms with Gasteiger partial charge in [-0.05, 0) is 30.9 Å². The highest BCUT2D eigenvalue weighted by Gasteiger charge is 2.30. The molecule has 0 aliphatic heterocycles. The molecule has 2 aromatic rings. The summed E-state index contributed by atoms with van der Waals surface area (Å²) in [5.74, 6) is 0.0497. The van der Waals surface area contributed by atoms with Gasteiger partial charge < -0.3 is 10.4 Å². The van der Waals surface area contributed by atoms with Crippen LogP contribution in [0.25, 0.3) is 10.9 Å². The highest BCUT2D eigenvalue weighted by atomic mass is 16.4. The molecule has 1 fully saturated rings. The Morgan fingerprint density at radius 2 is 2.05 bits per heavy atom. The van der Waals surface area contributed by atoms with E-state index in [9.17, 15) is 9.90 Å². The summed E-state index contributed by atoms with van der Waals surface area (Å²) in [5.41, 5.74) is 0.897. The molecule has 0 saturated heterocycles. The molecule has 0 radical (unpaired) electrons. The van der Waals surface area contributed by atoms with Gasteiger partial charge in [0.1, 0.15) is 12.1 Å². The standard InChI is InChI=1S/C16H19N3O2/c20-16(21)12-6-2-1-5-11(12)9-17-15-13-7-3-4-8-14(13)18-10-19-15/h3-4,7-8,10-12H,1-2,5-6,9H2,(H,20,21)(H,17,18,19). The molecule has 1 saturated carbocycles. The lowest BCUT2D eigenvalue weighted by Gasteiger charge is -2.28. The summed E-state index contributed by atoms with van der Waals surface area (Å²) < 4.78 is 0. The first-order valence-electron chi connectivity index (χ1n) is 7.42. The Kier molecular flexibility index (Phi) is 3.99. The third kappa shape index (κ3) is 2.96. The number of nitrogens with zero attached hydrogens (tertiary/aromatic N) is 2. The molecule has 0 spiro atoms. The number of aromatic nitrogens is 2. The van der Waals surface area contributed by atoms with Crippen molar-refractivity contribution >= 4 is 22.7 Å². The van der Waals surface area contributed by atoms with Crippen LogP contribution in [-0.4, -0.2) is 27.6 Å². The zero-order valence-electron chi connectivity index (χ0n) is 11.8. The average molecular weight is 285 g/mol. The third-order valence-corrected chi connectivity index (χ3v) is 4.30. The van der Waals surface area contributed by atoms with Gasteiger partial charge in [0, 0.05) is 11.9 Å². The number of rotatable bonds is 4. The maximum atomic E-state index is 11.3. The number of carbonyl (C=O) groups is 1. The molecule has 0 amide bonds. The Morgan fingerprint density at radius 1 is 1.24 bits per heavy atom. The molecule has 3 rings (SSSR count). The smallest absolute Gasteiger partial charge is 0.306 e. The number of hydrogen-bond acceptors (Lipinski definition) is 4. The third-order valence-electron chi connectivity index (χ3n) is 4.30. The minimum atomic E-state index is -0.672. The number of carboxylic acids is 1. The van der Waals surface area contributed by atoms with Crippen molar-refractivity contribution in [3.63, 3.8) is 0 Å². The van der Waals surface area contributed by atoms with E-state index in [0.717, 1.165) is 42.4 Å². The second-order valence-corrected chi connectivity index (χ2v) is 5.61. The molecular weight excluding hydrogens is 266 g/mol. The van der Waals surface area contributed by atoms with E-state index in [1.807, 2.05) is 24.3 Å². The van der Waals surface area contributed by atoms with Gasteiger partial charge in [0.15, 0.2) is 0 Å². The lowest BCUT2D eigenvalue weighted by atomic mass is 9.79. The summed E-state index contributed by atoms with van der Waals surface area (Å²) in [6.07, 6.45) is 5.42. The topological polar surface area (TPSA) is 75.1 Å². The molecule has 110 valence electrons. The van der Waals surface area contributed by atoms with E-state index in [1.165, 1.54) is 0 Å². The predicted molar refractivity (Wildman–Crippen MR) is 81.1 cm³/mol. The van der Waals surface area contributed by atoms with E-state index < -0.39 is 5.97 Å². The Morgan fingerprint density at radius 3 is 2.90 bits per heavy atom. The fraction of sp³-hybridized carbons (Fsp3) is 0.438. The summed E-state index contributed by atoms with van der Waals surface area (Å²) >= 11 is 0. The molecule has 0 bridgehead atoms. The van der Waals surface area contributed by atoms with Gasteiger partial charge in [-0.2, -0.15) is 0 Å². The van der Waals surface area contributed by atoms with E-state index in [-0.39, 0.29) is 11.8 Å². The Labute approximate surface area is 123 Å². The summed E-state index contributed by atoms with van der Waals surface area (Å²) in [6.45, 7) is 0.651. The molecule has 21 heavy (non-hydrogen) atoms. The number of aliphatic carboxylic acids is 1. The van der Waals surface area contributed by atoms with Gasteiger partial charge in [0.25, 0.3) is 0 Å². The fourth-order valence-electron chi connectivity index (χ4n) is 3.15. The molecule has 1 aromatic carbocycles. The van der Waals surface area contributed by atoms with Gasteiger partial charge in [-0.25, -0.2) is 9.97 Å². The van der Waals surface area contributed by atoms with E-state index in [4.69, 9.17) is 0 Å². The number of fused-ring (bicyclic) bond motifs is 1. The highest BCUT2D eigenvalue weighted by molar-refractivity contribution is 5.88. The van der Waals surface area contributed by atoms with Crippen molar-refractivity contribution in [3.05, 3.63) is 30.6 Å². The van der Waals surface area contributed by atoms with Crippen LogP contribution in [-0.2, 0) is 4.79 Å². The highest BCUT2D eigenvalue weighted by Crippen LogP contribution is 2.30. The lowest BCUT2D eigenvalue weighted by Crippen LogP contribution is -2.31. The van der Waals surface area contributed by atoms with Crippen LogP contribution in [0.3, 0.4) is 0 Å². The maximum absolute atomic E-state index is 11.3.